The Hall–Kier alpha value is -2.50. The van der Waals surface area contributed by atoms with Gasteiger partial charge in [0.2, 0.25) is 0 Å². The number of amides is 1. The van der Waals surface area contributed by atoms with Gasteiger partial charge in [-0.25, -0.2) is 0 Å². The number of carbonyl (C=O) groups excluding carboxylic acids is 1. The predicted molar refractivity (Wildman–Crippen MR) is 104 cm³/mol. The van der Waals surface area contributed by atoms with Crippen molar-refractivity contribution in [1.29, 1.82) is 0 Å². The maximum absolute atomic E-state index is 12.3. The first-order valence-electron chi connectivity index (χ1n) is 8.31. The Morgan fingerprint density at radius 2 is 1.89 bits per heavy atom. The third kappa shape index (κ3) is 4.81. The average Bonchev–Trinajstić information content (AvgIpc) is 2.97. The van der Waals surface area contributed by atoms with Crippen molar-refractivity contribution in [1.82, 2.24) is 10.5 Å². The van der Waals surface area contributed by atoms with Gasteiger partial charge in [0.1, 0.15) is 18.1 Å². The van der Waals surface area contributed by atoms with Crippen LogP contribution in [0.25, 0.3) is 0 Å². The molecule has 1 N–H and O–H groups in total. The molecule has 0 saturated heterocycles. The van der Waals surface area contributed by atoms with Crippen molar-refractivity contribution < 1.29 is 14.1 Å². The van der Waals surface area contributed by atoms with Crippen LogP contribution < -0.4 is 10.1 Å². The summed E-state index contributed by atoms with van der Waals surface area (Å²) in [5.41, 5.74) is 3.07. The van der Waals surface area contributed by atoms with Crippen LogP contribution in [-0.4, -0.2) is 11.1 Å². The minimum Gasteiger partial charge on any atom is -0.489 e. The molecule has 0 radical (unpaired) electrons. The zero-order valence-electron chi connectivity index (χ0n) is 14.9. The molecular weight excluding hydrogens is 387 g/mol. The molecule has 0 bridgehead atoms. The number of carbonyl (C=O) groups is 1. The zero-order valence-corrected chi connectivity index (χ0v) is 16.4. The van der Waals surface area contributed by atoms with Gasteiger partial charge in [-0.1, -0.05) is 34.4 Å². The molecule has 0 atom stereocenters. The lowest BCUT2D eigenvalue weighted by atomic mass is 10.2. The first-order chi connectivity index (χ1) is 12.9. The van der Waals surface area contributed by atoms with Crippen molar-refractivity contribution in [3.63, 3.8) is 0 Å². The number of halogens is 2. The second-order valence-corrected chi connectivity index (χ2v) is 6.88. The van der Waals surface area contributed by atoms with E-state index < -0.39 is 0 Å². The normalized spacial score (nSPS) is 10.7. The number of nitrogens with zero attached hydrogens (tertiary/aromatic N) is 1. The molecule has 0 aliphatic rings. The summed E-state index contributed by atoms with van der Waals surface area (Å²) < 4.78 is 10.9. The van der Waals surface area contributed by atoms with Gasteiger partial charge in [-0.15, -0.1) is 0 Å². The van der Waals surface area contributed by atoms with Crippen LogP contribution >= 0.6 is 23.2 Å². The molecule has 0 unspecified atom stereocenters. The van der Waals surface area contributed by atoms with Gasteiger partial charge >= 0.3 is 0 Å². The van der Waals surface area contributed by atoms with Crippen LogP contribution in [0.4, 0.5) is 0 Å². The molecule has 1 heterocycles. The number of hydrogen-bond acceptors (Lipinski definition) is 4. The summed E-state index contributed by atoms with van der Waals surface area (Å²) in [6.45, 7) is 4.40. The molecule has 1 aromatic heterocycles. The fraction of sp³-hybridized carbons (Fsp3) is 0.200. The van der Waals surface area contributed by atoms with E-state index in [0.29, 0.717) is 34.5 Å². The van der Waals surface area contributed by atoms with Crippen molar-refractivity contribution in [3.8, 4) is 5.75 Å². The zero-order chi connectivity index (χ0) is 19.4. The van der Waals surface area contributed by atoms with E-state index >= 15 is 0 Å². The monoisotopic (exact) mass is 404 g/mol. The summed E-state index contributed by atoms with van der Waals surface area (Å²) in [4.78, 5) is 12.3. The van der Waals surface area contributed by atoms with Gasteiger partial charge < -0.3 is 14.6 Å². The lowest BCUT2D eigenvalue weighted by Gasteiger charge is -2.09. The maximum Gasteiger partial charge on any atom is 0.251 e. The molecule has 0 aliphatic carbocycles. The van der Waals surface area contributed by atoms with E-state index in [2.05, 4.69) is 10.5 Å². The van der Waals surface area contributed by atoms with E-state index in [4.69, 9.17) is 32.5 Å². The maximum atomic E-state index is 12.3. The van der Waals surface area contributed by atoms with Crippen LogP contribution in [0.15, 0.2) is 47.0 Å². The van der Waals surface area contributed by atoms with Gasteiger partial charge in [-0.3, -0.25) is 4.79 Å². The molecule has 2 aromatic carbocycles. The van der Waals surface area contributed by atoms with E-state index in [1.807, 2.05) is 13.8 Å². The summed E-state index contributed by atoms with van der Waals surface area (Å²) in [7, 11) is 0. The number of aryl methyl sites for hydroxylation is 2. The van der Waals surface area contributed by atoms with Crippen molar-refractivity contribution in [2.75, 3.05) is 0 Å². The molecule has 0 saturated carbocycles. The molecule has 0 fully saturated rings. The summed E-state index contributed by atoms with van der Waals surface area (Å²) in [5.74, 6) is 1.20. The summed E-state index contributed by atoms with van der Waals surface area (Å²) in [6.07, 6.45) is 0. The molecule has 5 nitrogen and oxygen atoms in total. The molecule has 0 spiro atoms. The van der Waals surface area contributed by atoms with Crippen LogP contribution in [-0.2, 0) is 13.2 Å². The highest BCUT2D eigenvalue weighted by Gasteiger charge is 2.11. The lowest BCUT2D eigenvalue weighted by Crippen LogP contribution is -2.22. The Labute approximate surface area is 167 Å². The SMILES string of the molecule is Cc1noc(C)c1COc1ccc(C(=O)NCc2ccc(Cl)cc2Cl)cc1. The lowest BCUT2D eigenvalue weighted by molar-refractivity contribution is 0.0951. The minimum atomic E-state index is -0.196. The Bertz CT molecular complexity index is 933. The highest BCUT2D eigenvalue weighted by Crippen LogP contribution is 2.21. The van der Waals surface area contributed by atoms with E-state index in [0.717, 1.165) is 22.6 Å². The fourth-order valence-electron chi connectivity index (χ4n) is 2.51. The third-order valence-electron chi connectivity index (χ3n) is 4.14. The van der Waals surface area contributed by atoms with E-state index in [1.54, 1.807) is 42.5 Å². The number of rotatable bonds is 6. The van der Waals surface area contributed by atoms with Gasteiger partial charge in [-0.05, 0) is 55.8 Å². The Kier molecular flexibility index (Phi) is 6.04. The van der Waals surface area contributed by atoms with Gasteiger partial charge in [0.05, 0.1) is 11.3 Å². The first kappa shape index (κ1) is 19.3. The van der Waals surface area contributed by atoms with Crippen LogP contribution in [0, 0.1) is 13.8 Å². The second-order valence-electron chi connectivity index (χ2n) is 6.03. The third-order valence-corrected chi connectivity index (χ3v) is 4.72. The van der Waals surface area contributed by atoms with Crippen molar-refractivity contribution in [2.24, 2.45) is 0 Å². The Balaban J connectivity index is 1.57. The van der Waals surface area contributed by atoms with Gasteiger partial charge in [0.25, 0.3) is 5.91 Å². The van der Waals surface area contributed by atoms with Crippen molar-refractivity contribution >= 4 is 29.1 Å². The van der Waals surface area contributed by atoms with Crippen LogP contribution in [0.5, 0.6) is 5.75 Å². The van der Waals surface area contributed by atoms with Gasteiger partial charge in [0.15, 0.2) is 0 Å². The van der Waals surface area contributed by atoms with Gasteiger partial charge in [-0.2, -0.15) is 0 Å². The predicted octanol–water partition coefficient (Wildman–Crippen LogP) is 5.11. The van der Waals surface area contributed by atoms with Crippen LogP contribution in [0.1, 0.15) is 32.9 Å². The average molecular weight is 405 g/mol. The van der Waals surface area contributed by atoms with E-state index in [-0.39, 0.29) is 5.91 Å². The first-order valence-corrected chi connectivity index (χ1v) is 9.06. The van der Waals surface area contributed by atoms with Crippen molar-refractivity contribution in [3.05, 3.63) is 80.7 Å². The number of ether oxygens (including phenoxy) is 1. The molecule has 3 rings (SSSR count). The summed E-state index contributed by atoms with van der Waals surface area (Å²) in [5, 5.41) is 7.81. The number of aromatic nitrogens is 1. The van der Waals surface area contributed by atoms with Crippen LogP contribution in [0.2, 0.25) is 10.0 Å². The highest BCUT2D eigenvalue weighted by atomic mass is 35.5. The Morgan fingerprint density at radius 3 is 2.52 bits per heavy atom. The molecule has 140 valence electrons. The standard InChI is InChI=1S/C20H18Cl2N2O3/c1-12-18(13(2)27-24-12)11-26-17-7-4-14(5-8-17)20(25)23-10-15-3-6-16(21)9-19(15)22/h3-9H,10-11H2,1-2H3,(H,23,25). The smallest absolute Gasteiger partial charge is 0.251 e. The number of hydrogen-bond donors (Lipinski definition) is 1. The molecule has 27 heavy (non-hydrogen) atoms. The van der Waals surface area contributed by atoms with Gasteiger partial charge in [0, 0.05) is 22.2 Å². The fourth-order valence-corrected chi connectivity index (χ4v) is 2.98. The van der Waals surface area contributed by atoms with Crippen molar-refractivity contribution in [2.45, 2.75) is 27.0 Å². The number of benzene rings is 2. The number of nitrogens with one attached hydrogen (secondary N) is 1. The molecule has 0 aliphatic heterocycles. The molecular formula is C20H18Cl2N2O3. The quantitative estimate of drug-likeness (QED) is 0.619. The molecule has 7 heteroatoms. The van der Waals surface area contributed by atoms with Crippen LogP contribution in [0.3, 0.4) is 0 Å². The minimum absolute atomic E-state index is 0.196. The topological polar surface area (TPSA) is 64.4 Å². The van der Waals surface area contributed by atoms with E-state index in [9.17, 15) is 4.79 Å². The molecule has 1 amide bonds. The second kappa shape index (κ2) is 8.46. The molecule has 3 aromatic rings. The summed E-state index contributed by atoms with van der Waals surface area (Å²) in [6, 6.07) is 12.1. The summed E-state index contributed by atoms with van der Waals surface area (Å²) >= 11 is 12.0. The van der Waals surface area contributed by atoms with E-state index in [1.165, 1.54) is 0 Å². The Morgan fingerprint density at radius 1 is 1.15 bits per heavy atom. The largest absolute Gasteiger partial charge is 0.489 e. The highest BCUT2D eigenvalue weighted by molar-refractivity contribution is 6.35.